The van der Waals surface area contributed by atoms with Crippen LogP contribution in [-0.2, 0) is 11.0 Å². The predicted octanol–water partition coefficient (Wildman–Crippen LogP) is 3.99. The van der Waals surface area contributed by atoms with Gasteiger partial charge in [-0.05, 0) is 55.3 Å². The summed E-state index contributed by atoms with van der Waals surface area (Å²) in [6, 6.07) is 11.2. The fraction of sp³-hybridized carbons (Fsp3) is 0.300. The second-order valence-corrected chi connectivity index (χ2v) is 6.56. The Kier molecular flexibility index (Phi) is 5.87. The quantitative estimate of drug-likeness (QED) is 0.810. The summed E-state index contributed by atoms with van der Waals surface area (Å²) in [5.41, 5.74) is 0.475. The molecule has 28 heavy (non-hydrogen) atoms. The number of carbonyl (C=O) groups excluding carboxylic acids is 2. The Morgan fingerprint density at radius 2 is 1.64 bits per heavy atom. The van der Waals surface area contributed by atoms with Crippen LogP contribution in [0.25, 0.3) is 0 Å². The van der Waals surface area contributed by atoms with Crippen molar-refractivity contribution in [2.75, 3.05) is 30.3 Å². The van der Waals surface area contributed by atoms with Gasteiger partial charge in [0.15, 0.2) is 0 Å². The van der Waals surface area contributed by atoms with E-state index in [-0.39, 0.29) is 18.1 Å². The van der Waals surface area contributed by atoms with E-state index in [0.717, 1.165) is 38.1 Å². The van der Waals surface area contributed by atoms with Crippen molar-refractivity contribution in [1.29, 1.82) is 0 Å². The van der Waals surface area contributed by atoms with Crippen LogP contribution in [0.15, 0.2) is 48.5 Å². The summed E-state index contributed by atoms with van der Waals surface area (Å²) in [6.45, 7) is 1.43. The molecule has 148 valence electrons. The molecule has 0 saturated carbocycles. The molecule has 1 aliphatic rings. The number of amides is 2. The van der Waals surface area contributed by atoms with Gasteiger partial charge in [0.25, 0.3) is 5.91 Å². The molecule has 0 aliphatic carbocycles. The van der Waals surface area contributed by atoms with E-state index in [0.29, 0.717) is 11.3 Å². The molecule has 0 bridgehead atoms. The number of benzene rings is 2. The predicted molar refractivity (Wildman–Crippen MR) is 100 cm³/mol. The lowest BCUT2D eigenvalue weighted by molar-refractivity contribution is -0.137. The maximum Gasteiger partial charge on any atom is 0.416 e. The third kappa shape index (κ3) is 5.03. The first-order valence-electron chi connectivity index (χ1n) is 8.93. The van der Waals surface area contributed by atoms with Gasteiger partial charge in [-0.2, -0.15) is 13.2 Å². The van der Waals surface area contributed by atoms with Crippen molar-refractivity contribution in [2.24, 2.45) is 0 Å². The van der Waals surface area contributed by atoms with E-state index in [2.05, 4.69) is 10.6 Å². The second-order valence-electron chi connectivity index (χ2n) is 6.56. The zero-order valence-corrected chi connectivity index (χ0v) is 15.1. The summed E-state index contributed by atoms with van der Waals surface area (Å²) in [4.78, 5) is 26.1. The molecule has 2 amide bonds. The number of carbonyl (C=O) groups is 2. The molecular formula is C20H20F3N3O2. The summed E-state index contributed by atoms with van der Waals surface area (Å²) < 4.78 is 38.1. The van der Waals surface area contributed by atoms with Crippen molar-refractivity contribution in [3.63, 3.8) is 0 Å². The minimum absolute atomic E-state index is 0.00802. The Bertz CT molecular complexity index is 845. The van der Waals surface area contributed by atoms with Crippen LogP contribution in [0.3, 0.4) is 0 Å². The van der Waals surface area contributed by atoms with Gasteiger partial charge in [-0.3, -0.25) is 9.59 Å². The van der Waals surface area contributed by atoms with E-state index in [1.807, 2.05) is 4.90 Å². The first kappa shape index (κ1) is 19.7. The second kappa shape index (κ2) is 8.33. The monoisotopic (exact) mass is 391 g/mol. The normalized spacial score (nSPS) is 14.0. The minimum Gasteiger partial charge on any atom is -0.376 e. The average molecular weight is 391 g/mol. The van der Waals surface area contributed by atoms with Crippen molar-refractivity contribution in [3.8, 4) is 0 Å². The van der Waals surface area contributed by atoms with E-state index in [1.165, 1.54) is 12.1 Å². The van der Waals surface area contributed by atoms with Crippen LogP contribution in [0, 0.1) is 0 Å². The molecule has 0 spiro atoms. The van der Waals surface area contributed by atoms with Crippen LogP contribution in [0.5, 0.6) is 0 Å². The molecule has 1 aliphatic heterocycles. The van der Waals surface area contributed by atoms with Crippen molar-refractivity contribution in [1.82, 2.24) is 4.90 Å². The van der Waals surface area contributed by atoms with Gasteiger partial charge in [-0.15, -0.1) is 0 Å². The van der Waals surface area contributed by atoms with Gasteiger partial charge in [-0.1, -0.05) is 6.07 Å². The van der Waals surface area contributed by atoms with Crippen LogP contribution >= 0.6 is 0 Å². The molecule has 2 aromatic carbocycles. The van der Waals surface area contributed by atoms with Crippen molar-refractivity contribution in [3.05, 3.63) is 59.7 Å². The molecule has 0 aromatic heterocycles. The van der Waals surface area contributed by atoms with Gasteiger partial charge in [0.2, 0.25) is 5.91 Å². The Balaban J connectivity index is 1.52. The Hall–Kier alpha value is -3.03. The molecule has 0 atom stereocenters. The van der Waals surface area contributed by atoms with Crippen molar-refractivity contribution >= 4 is 23.2 Å². The van der Waals surface area contributed by atoms with Crippen LogP contribution in [0.2, 0.25) is 0 Å². The fourth-order valence-electron chi connectivity index (χ4n) is 2.99. The summed E-state index contributed by atoms with van der Waals surface area (Å²) in [5.74, 6) is -0.483. The van der Waals surface area contributed by atoms with E-state index in [4.69, 9.17) is 0 Å². The Morgan fingerprint density at radius 1 is 0.964 bits per heavy atom. The van der Waals surface area contributed by atoms with Gasteiger partial charge >= 0.3 is 6.18 Å². The molecule has 0 unspecified atom stereocenters. The number of anilines is 2. The third-order valence-electron chi connectivity index (χ3n) is 4.45. The highest BCUT2D eigenvalue weighted by atomic mass is 19.4. The maximum absolute atomic E-state index is 12.7. The molecule has 2 aromatic rings. The largest absolute Gasteiger partial charge is 0.416 e. The summed E-state index contributed by atoms with van der Waals surface area (Å²) in [6.07, 6.45) is -2.42. The maximum atomic E-state index is 12.7. The number of rotatable bonds is 5. The number of likely N-dealkylation sites (tertiary alicyclic amines) is 1. The van der Waals surface area contributed by atoms with E-state index < -0.39 is 17.6 Å². The zero-order valence-electron chi connectivity index (χ0n) is 15.1. The fourth-order valence-corrected chi connectivity index (χ4v) is 2.99. The first-order valence-corrected chi connectivity index (χ1v) is 8.93. The van der Waals surface area contributed by atoms with Crippen molar-refractivity contribution < 1.29 is 22.8 Å². The smallest absolute Gasteiger partial charge is 0.376 e. The number of nitrogens with zero attached hydrogens (tertiary/aromatic N) is 1. The van der Waals surface area contributed by atoms with E-state index >= 15 is 0 Å². The summed E-state index contributed by atoms with van der Waals surface area (Å²) in [5, 5.41) is 5.32. The number of nitrogens with one attached hydrogen (secondary N) is 2. The Morgan fingerprint density at radius 3 is 2.29 bits per heavy atom. The van der Waals surface area contributed by atoms with Gasteiger partial charge in [0.1, 0.15) is 0 Å². The van der Waals surface area contributed by atoms with Gasteiger partial charge in [0, 0.05) is 30.0 Å². The molecule has 1 saturated heterocycles. The highest BCUT2D eigenvalue weighted by molar-refractivity contribution is 5.95. The minimum atomic E-state index is -4.47. The number of hydrogen-bond donors (Lipinski definition) is 2. The summed E-state index contributed by atoms with van der Waals surface area (Å²) >= 11 is 0. The SMILES string of the molecule is O=C(CNc1ccc(C(=O)N2CCCC2)cc1)Nc1cccc(C(F)(F)F)c1. The molecular weight excluding hydrogens is 371 g/mol. The lowest BCUT2D eigenvalue weighted by Crippen LogP contribution is -2.27. The van der Waals surface area contributed by atoms with Gasteiger partial charge < -0.3 is 15.5 Å². The molecule has 2 N–H and O–H groups in total. The average Bonchev–Trinajstić information content (AvgIpc) is 3.20. The lowest BCUT2D eigenvalue weighted by atomic mass is 10.2. The highest BCUT2D eigenvalue weighted by Gasteiger charge is 2.30. The standard InChI is InChI=1S/C20H20F3N3O2/c21-20(22,23)15-4-3-5-17(12-15)25-18(27)13-24-16-8-6-14(7-9-16)19(28)26-10-1-2-11-26/h3-9,12,24H,1-2,10-11,13H2,(H,25,27). The van der Waals surface area contributed by atoms with E-state index in [9.17, 15) is 22.8 Å². The van der Waals surface area contributed by atoms with Crippen LogP contribution in [0.1, 0.15) is 28.8 Å². The van der Waals surface area contributed by atoms with Crippen LogP contribution in [-0.4, -0.2) is 36.3 Å². The molecule has 1 heterocycles. The van der Waals surface area contributed by atoms with Crippen LogP contribution in [0.4, 0.5) is 24.5 Å². The first-order chi connectivity index (χ1) is 13.3. The zero-order chi connectivity index (χ0) is 20.1. The number of halogens is 3. The third-order valence-corrected chi connectivity index (χ3v) is 4.45. The molecule has 5 nitrogen and oxygen atoms in total. The van der Waals surface area contributed by atoms with Gasteiger partial charge in [-0.25, -0.2) is 0 Å². The lowest BCUT2D eigenvalue weighted by Gasteiger charge is -2.15. The van der Waals surface area contributed by atoms with E-state index in [1.54, 1.807) is 24.3 Å². The topological polar surface area (TPSA) is 61.4 Å². The molecule has 8 heteroatoms. The Labute approximate surface area is 160 Å². The molecule has 0 radical (unpaired) electrons. The summed E-state index contributed by atoms with van der Waals surface area (Å²) in [7, 11) is 0. The highest BCUT2D eigenvalue weighted by Crippen LogP contribution is 2.30. The number of hydrogen-bond acceptors (Lipinski definition) is 3. The van der Waals surface area contributed by atoms with Crippen LogP contribution < -0.4 is 10.6 Å². The molecule has 1 fully saturated rings. The molecule has 3 rings (SSSR count). The van der Waals surface area contributed by atoms with Crippen molar-refractivity contribution in [2.45, 2.75) is 19.0 Å². The van der Waals surface area contributed by atoms with Gasteiger partial charge in [0.05, 0.1) is 12.1 Å². The number of alkyl halides is 3.